The lowest BCUT2D eigenvalue weighted by Gasteiger charge is -2.34. The highest BCUT2D eigenvalue weighted by Crippen LogP contribution is 2.06. The van der Waals surface area contributed by atoms with Crippen molar-refractivity contribution in [3.05, 3.63) is 0 Å². The second-order valence-corrected chi connectivity index (χ2v) is 3.50. The SMILES string of the molecule is NC(=O)C(N)CN1CCOCC1C(N)=O. The number of nitrogens with two attached hydrogens (primary N) is 3. The normalized spacial score (nSPS) is 24.7. The van der Waals surface area contributed by atoms with Gasteiger partial charge in [-0.05, 0) is 0 Å². The second kappa shape index (κ2) is 5.06. The van der Waals surface area contributed by atoms with Crippen LogP contribution >= 0.6 is 0 Å². The molecule has 2 atom stereocenters. The summed E-state index contributed by atoms with van der Waals surface area (Å²) < 4.78 is 5.12. The molecule has 1 fully saturated rings. The summed E-state index contributed by atoms with van der Waals surface area (Å²) in [6.45, 7) is 1.48. The van der Waals surface area contributed by atoms with E-state index in [4.69, 9.17) is 21.9 Å². The molecule has 0 aliphatic carbocycles. The molecule has 1 rings (SSSR count). The zero-order chi connectivity index (χ0) is 11.4. The number of hydrogen-bond donors (Lipinski definition) is 3. The lowest BCUT2D eigenvalue weighted by atomic mass is 10.2. The number of nitrogens with zero attached hydrogens (tertiary/aromatic N) is 1. The maximum atomic E-state index is 11.1. The van der Waals surface area contributed by atoms with Crippen molar-refractivity contribution in [1.82, 2.24) is 4.90 Å². The second-order valence-electron chi connectivity index (χ2n) is 3.50. The summed E-state index contributed by atoms with van der Waals surface area (Å²) in [6.07, 6.45) is 0. The van der Waals surface area contributed by atoms with Gasteiger partial charge in [0.05, 0.1) is 19.3 Å². The highest BCUT2D eigenvalue weighted by atomic mass is 16.5. The number of primary amides is 2. The molecule has 1 aliphatic heterocycles. The van der Waals surface area contributed by atoms with Crippen molar-refractivity contribution in [1.29, 1.82) is 0 Å². The molecule has 0 bridgehead atoms. The van der Waals surface area contributed by atoms with Gasteiger partial charge in [-0.15, -0.1) is 0 Å². The highest BCUT2D eigenvalue weighted by Gasteiger charge is 2.29. The van der Waals surface area contributed by atoms with Crippen LogP contribution in [-0.2, 0) is 14.3 Å². The average molecular weight is 216 g/mol. The Balaban J connectivity index is 2.56. The molecule has 1 heterocycles. The number of morpholine rings is 1. The number of ether oxygens (including phenoxy) is 1. The van der Waals surface area contributed by atoms with Crippen molar-refractivity contribution in [3.8, 4) is 0 Å². The van der Waals surface area contributed by atoms with Gasteiger partial charge in [-0.25, -0.2) is 0 Å². The molecule has 1 saturated heterocycles. The van der Waals surface area contributed by atoms with E-state index in [0.717, 1.165) is 0 Å². The fourth-order valence-electron chi connectivity index (χ4n) is 1.46. The molecule has 2 unspecified atom stereocenters. The van der Waals surface area contributed by atoms with E-state index in [1.165, 1.54) is 0 Å². The molecule has 7 heteroatoms. The molecular weight excluding hydrogens is 200 g/mol. The van der Waals surface area contributed by atoms with Crippen LogP contribution in [0.4, 0.5) is 0 Å². The largest absolute Gasteiger partial charge is 0.378 e. The third kappa shape index (κ3) is 3.15. The summed E-state index contributed by atoms with van der Waals surface area (Å²) in [5.41, 5.74) is 15.7. The Morgan fingerprint density at radius 1 is 1.47 bits per heavy atom. The molecule has 0 aromatic heterocycles. The van der Waals surface area contributed by atoms with Gasteiger partial charge >= 0.3 is 0 Å². The first kappa shape index (κ1) is 11.9. The van der Waals surface area contributed by atoms with E-state index in [9.17, 15) is 9.59 Å². The van der Waals surface area contributed by atoms with Crippen molar-refractivity contribution in [2.24, 2.45) is 17.2 Å². The zero-order valence-corrected chi connectivity index (χ0v) is 8.39. The predicted molar refractivity (Wildman–Crippen MR) is 52.5 cm³/mol. The Kier molecular flexibility index (Phi) is 4.01. The van der Waals surface area contributed by atoms with Crippen LogP contribution in [0.2, 0.25) is 0 Å². The molecule has 15 heavy (non-hydrogen) atoms. The lowest BCUT2D eigenvalue weighted by Crippen LogP contribution is -2.57. The van der Waals surface area contributed by atoms with Crippen molar-refractivity contribution in [3.63, 3.8) is 0 Å². The van der Waals surface area contributed by atoms with E-state index < -0.39 is 23.9 Å². The van der Waals surface area contributed by atoms with Gasteiger partial charge in [0.25, 0.3) is 0 Å². The smallest absolute Gasteiger partial charge is 0.237 e. The van der Waals surface area contributed by atoms with Gasteiger partial charge in [-0.3, -0.25) is 14.5 Å². The number of rotatable bonds is 4. The minimum Gasteiger partial charge on any atom is -0.378 e. The monoisotopic (exact) mass is 216 g/mol. The fourth-order valence-corrected chi connectivity index (χ4v) is 1.46. The van der Waals surface area contributed by atoms with Crippen molar-refractivity contribution in [2.75, 3.05) is 26.3 Å². The van der Waals surface area contributed by atoms with E-state index in [1.807, 2.05) is 0 Å². The third-order valence-electron chi connectivity index (χ3n) is 2.36. The van der Waals surface area contributed by atoms with Crippen LogP contribution in [0.15, 0.2) is 0 Å². The van der Waals surface area contributed by atoms with Crippen LogP contribution in [0.1, 0.15) is 0 Å². The molecule has 0 spiro atoms. The topological polar surface area (TPSA) is 125 Å². The maximum Gasteiger partial charge on any atom is 0.237 e. The Hall–Kier alpha value is -1.18. The van der Waals surface area contributed by atoms with Crippen molar-refractivity contribution >= 4 is 11.8 Å². The third-order valence-corrected chi connectivity index (χ3v) is 2.36. The number of hydrogen-bond acceptors (Lipinski definition) is 5. The Labute approximate surface area is 87.5 Å². The van der Waals surface area contributed by atoms with Gasteiger partial charge < -0.3 is 21.9 Å². The Bertz CT molecular complexity index is 258. The molecular formula is C8H16N4O3. The Morgan fingerprint density at radius 2 is 2.13 bits per heavy atom. The van der Waals surface area contributed by atoms with Gasteiger partial charge in [-0.1, -0.05) is 0 Å². The quantitative estimate of drug-likeness (QED) is 0.461. The highest BCUT2D eigenvalue weighted by molar-refractivity contribution is 5.81. The van der Waals surface area contributed by atoms with E-state index in [0.29, 0.717) is 13.2 Å². The summed E-state index contributed by atoms with van der Waals surface area (Å²) in [4.78, 5) is 23.6. The molecule has 2 amide bonds. The molecule has 0 aromatic carbocycles. The maximum absolute atomic E-state index is 11.1. The van der Waals surface area contributed by atoms with Crippen LogP contribution in [0, 0.1) is 0 Å². The zero-order valence-electron chi connectivity index (χ0n) is 8.39. The number of carbonyl (C=O) groups excluding carboxylic acids is 2. The molecule has 0 radical (unpaired) electrons. The van der Waals surface area contributed by atoms with Crippen LogP contribution in [-0.4, -0.2) is 55.1 Å². The van der Waals surface area contributed by atoms with Crippen LogP contribution in [0.3, 0.4) is 0 Å². The van der Waals surface area contributed by atoms with Crippen molar-refractivity contribution in [2.45, 2.75) is 12.1 Å². The van der Waals surface area contributed by atoms with Crippen LogP contribution in [0.25, 0.3) is 0 Å². The lowest BCUT2D eigenvalue weighted by molar-refractivity contribution is -0.131. The predicted octanol–water partition coefficient (Wildman–Crippen LogP) is -3.01. The van der Waals surface area contributed by atoms with Gasteiger partial charge in [0.15, 0.2) is 0 Å². The van der Waals surface area contributed by atoms with E-state index in [-0.39, 0.29) is 13.2 Å². The number of carbonyl (C=O) groups is 2. The summed E-state index contributed by atoms with van der Waals surface area (Å²) in [7, 11) is 0. The standard InChI is InChI=1S/C8H16N4O3/c9-5(7(10)13)3-12-1-2-15-4-6(12)8(11)14/h5-6H,1-4,9H2,(H2,10,13)(H2,11,14). The summed E-state index contributed by atoms with van der Waals surface area (Å²) in [5, 5.41) is 0. The van der Waals surface area contributed by atoms with E-state index in [1.54, 1.807) is 4.90 Å². The molecule has 7 nitrogen and oxygen atoms in total. The molecule has 0 aromatic rings. The first-order valence-electron chi connectivity index (χ1n) is 4.68. The molecule has 0 saturated carbocycles. The summed E-state index contributed by atoms with van der Waals surface area (Å²) in [5.74, 6) is -1.07. The first-order valence-corrected chi connectivity index (χ1v) is 4.68. The van der Waals surface area contributed by atoms with E-state index >= 15 is 0 Å². The van der Waals surface area contributed by atoms with Crippen molar-refractivity contribution < 1.29 is 14.3 Å². The molecule has 6 N–H and O–H groups in total. The summed E-state index contributed by atoms with van der Waals surface area (Å²) >= 11 is 0. The van der Waals surface area contributed by atoms with Gasteiger partial charge in [0, 0.05) is 13.1 Å². The van der Waals surface area contributed by atoms with Crippen LogP contribution in [0.5, 0.6) is 0 Å². The number of amides is 2. The van der Waals surface area contributed by atoms with Gasteiger partial charge in [0.2, 0.25) is 11.8 Å². The average Bonchev–Trinajstić information content (AvgIpc) is 2.18. The first-order chi connectivity index (χ1) is 7.02. The van der Waals surface area contributed by atoms with Gasteiger partial charge in [-0.2, -0.15) is 0 Å². The molecule has 86 valence electrons. The van der Waals surface area contributed by atoms with Gasteiger partial charge in [0.1, 0.15) is 6.04 Å². The summed E-state index contributed by atoms with van der Waals surface area (Å²) in [6, 6.07) is -1.31. The molecule has 1 aliphatic rings. The van der Waals surface area contributed by atoms with E-state index in [2.05, 4.69) is 0 Å². The Morgan fingerprint density at radius 3 is 2.67 bits per heavy atom. The minimum absolute atomic E-state index is 0.228. The fraction of sp³-hybridized carbons (Fsp3) is 0.750. The van der Waals surface area contributed by atoms with Crippen LogP contribution < -0.4 is 17.2 Å². The minimum atomic E-state index is -0.787.